The third-order valence-electron chi connectivity index (χ3n) is 5.55. The molecule has 1 aromatic carbocycles. The molecule has 1 saturated heterocycles. The van der Waals surface area contributed by atoms with Gasteiger partial charge >= 0.3 is 0 Å². The van der Waals surface area contributed by atoms with E-state index in [1.807, 2.05) is 23.1 Å². The fraction of sp³-hybridized carbons (Fsp3) is 0.455. The molecule has 1 amide bonds. The number of rotatable bonds is 7. The Balaban J connectivity index is 1.66. The van der Waals surface area contributed by atoms with Crippen LogP contribution in [-0.2, 0) is 21.1 Å². The molecule has 2 heterocycles. The Bertz CT molecular complexity index is 1230. The van der Waals surface area contributed by atoms with Crippen molar-refractivity contribution >= 4 is 37.3 Å². The number of aryl methyl sites for hydroxylation is 1. The van der Waals surface area contributed by atoms with Crippen molar-refractivity contribution in [2.45, 2.75) is 24.5 Å². The monoisotopic (exact) mass is 477 g/mol. The van der Waals surface area contributed by atoms with Gasteiger partial charge in [-0.3, -0.25) is 14.9 Å². The van der Waals surface area contributed by atoms with Crippen LogP contribution in [-0.4, -0.2) is 66.7 Å². The van der Waals surface area contributed by atoms with E-state index in [9.17, 15) is 17.6 Å². The van der Waals surface area contributed by atoms with Crippen LogP contribution in [0.5, 0.6) is 0 Å². The summed E-state index contributed by atoms with van der Waals surface area (Å²) in [6.07, 6.45) is 1.23. The Morgan fingerprint density at radius 2 is 2.16 bits per heavy atom. The molecule has 1 unspecified atom stereocenters. The number of nitrogens with zero attached hydrogens (tertiary/aromatic N) is 2. The van der Waals surface area contributed by atoms with Crippen molar-refractivity contribution in [2.24, 2.45) is 5.92 Å². The van der Waals surface area contributed by atoms with E-state index in [0.29, 0.717) is 11.6 Å². The number of alkyl halides is 1. The van der Waals surface area contributed by atoms with E-state index in [4.69, 9.17) is 5.21 Å². The second-order valence-electron chi connectivity index (χ2n) is 7.90. The molecule has 0 spiro atoms. The van der Waals surface area contributed by atoms with Crippen molar-refractivity contribution in [2.75, 3.05) is 32.6 Å². The number of likely N-dealkylation sites (tertiary alicyclic amines) is 1. The third-order valence-corrected chi connectivity index (χ3v) is 8.66. The number of carbonyl (C=O) groups is 1. The average Bonchev–Trinajstić information content (AvgIpc) is 3.13. The molecule has 1 fully saturated rings. The van der Waals surface area contributed by atoms with Gasteiger partial charge in [0.15, 0.2) is 9.84 Å². The van der Waals surface area contributed by atoms with Gasteiger partial charge in [0.1, 0.15) is 11.4 Å². The van der Waals surface area contributed by atoms with Gasteiger partial charge in [0, 0.05) is 43.8 Å². The van der Waals surface area contributed by atoms with Gasteiger partial charge < -0.3 is 0 Å². The molecule has 1 aromatic heterocycles. The normalized spacial score (nSPS) is 16.2. The van der Waals surface area contributed by atoms with Crippen LogP contribution in [0.4, 0.5) is 4.39 Å². The van der Waals surface area contributed by atoms with Crippen molar-refractivity contribution in [3.8, 4) is 23.7 Å². The topological polar surface area (TPSA) is 99.6 Å². The number of fused-ring (bicyclic) bond motifs is 1. The van der Waals surface area contributed by atoms with Crippen LogP contribution in [0.2, 0.25) is 0 Å². The number of hydrogen-bond acceptors (Lipinski definition) is 7. The predicted octanol–water partition coefficient (Wildman–Crippen LogP) is 1.79. The number of thiazole rings is 1. The smallest absolute Gasteiger partial charge is 0.264 e. The van der Waals surface area contributed by atoms with Crippen molar-refractivity contribution in [3.63, 3.8) is 0 Å². The Morgan fingerprint density at radius 3 is 2.81 bits per heavy atom. The van der Waals surface area contributed by atoms with Crippen molar-refractivity contribution in [1.29, 1.82) is 0 Å². The van der Waals surface area contributed by atoms with Crippen LogP contribution in [0.25, 0.3) is 10.2 Å². The standard InChI is InChI=1S/C22H24FN3O4S2/c1-22(21(27)25-28,32(2,29)30)10-9-20-24-18-8-7-16(13-19(18)31-20)5-3-4-6-17-14-26(15-17)12-11-23/h7-8,13,17,28H,9-12,14-15H2,1-2H3,(H,25,27). The molecule has 1 aliphatic heterocycles. The Hall–Kier alpha value is -2.50. The maximum absolute atomic E-state index is 12.2. The maximum Gasteiger partial charge on any atom is 0.264 e. The number of nitrogens with one attached hydrogen (secondary N) is 1. The van der Waals surface area contributed by atoms with Gasteiger partial charge in [0.2, 0.25) is 0 Å². The minimum atomic E-state index is -3.75. The molecule has 0 radical (unpaired) electrons. The molecule has 32 heavy (non-hydrogen) atoms. The van der Waals surface area contributed by atoms with Gasteiger partial charge in [-0.25, -0.2) is 23.3 Å². The second kappa shape index (κ2) is 9.97. The van der Waals surface area contributed by atoms with Crippen LogP contribution in [0.3, 0.4) is 0 Å². The SMILES string of the molecule is CC(CCc1nc2ccc(C#CC#CC3CN(CCF)C3)cc2s1)(C(=O)NO)S(C)(=O)=O. The van der Waals surface area contributed by atoms with Crippen LogP contribution in [0, 0.1) is 29.6 Å². The average molecular weight is 478 g/mol. The lowest BCUT2D eigenvalue weighted by molar-refractivity contribution is -0.131. The molecule has 1 aliphatic rings. The van der Waals surface area contributed by atoms with E-state index in [1.165, 1.54) is 23.7 Å². The summed E-state index contributed by atoms with van der Waals surface area (Å²) in [4.78, 5) is 18.5. The first-order chi connectivity index (χ1) is 15.2. The van der Waals surface area contributed by atoms with Gasteiger partial charge in [0.05, 0.1) is 15.2 Å². The fourth-order valence-corrected chi connectivity index (χ4v) is 5.15. The number of carbonyl (C=O) groups excluding carboxylic acids is 1. The number of sulfone groups is 1. The van der Waals surface area contributed by atoms with Crippen LogP contribution < -0.4 is 5.48 Å². The maximum atomic E-state index is 12.2. The molecule has 0 bridgehead atoms. The summed E-state index contributed by atoms with van der Waals surface area (Å²) in [5.74, 6) is 11.1. The molecule has 0 saturated carbocycles. The van der Waals surface area contributed by atoms with E-state index in [-0.39, 0.29) is 25.4 Å². The van der Waals surface area contributed by atoms with Crippen LogP contribution in [0.15, 0.2) is 18.2 Å². The summed E-state index contributed by atoms with van der Waals surface area (Å²) < 4.78 is 35.6. The molecular formula is C22H24FN3O4S2. The predicted molar refractivity (Wildman–Crippen MR) is 122 cm³/mol. The lowest BCUT2D eigenvalue weighted by atomic mass is 10.0. The highest BCUT2D eigenvalue weighted by atomic mass is 32.2. The van der Waals surface area contributed by atoms with Gasteiger partial charge in [-0.15, -0.1) is 11.3 Å². The van der Waals surface area contributed by atoms with Gasteiger partial charge in [-0.1, -0.05) is 11.8 Å². The summed E-state index contributed by atoms with van der Waals surface area (Å²) in [6, 6.07) is 5.57. The Labute approximate surface area is 190 Å². The largest absolute Gasteiger partial charge is 0.298 e. The minimum Gasteiger partial charge on any atom is -0.298 e. The molecule has 0 aliphatic carbocycles. The number of amides is 1. The zero-order valence-corrected chi connectivity index (χ0v) is 19.4. The Morgan fingerprint density at radius 1 is 1.41 bits per heavy atom. The quantitative estimate of drug-likeness (QED) is 0.358. The number of benzene rings is 1. The lowest BCUT2D eigenvalue weighted by Gasteiger charge is -2.35. The lowest BCUT2D eigenvalue weighted by Crippen LogP contribution is -2.49. The highest BCUT2D eigenvalue weighted by Crippen LogP contribution is 2.28. The molecule has 10 heteroatoms. The minimum absolute atomic E-state index is 0.00970. The summed E-state index contributed by atoms with van der Waals surface area (Å²) in [7, 11) is -3.75. The number of aromatic nitrogens is 1. The molecular weight excluding hydrogens is 453 g/mol. The second-order valence-corrected chi connectivity index (χ2v) is 11.5. The number of hydrogen-bond donors (Lipinski definition) is 2. The van der Waals surface area contributed by atoms with Crippen LogP contribution in [0.1, 0.15) is 23.9 Å². The van der Waals surface area contributed by atoms with E-state index in [1.54, 1.807) is 0 Å². The zero-order chi connectivity index (χ0) is 23.4. The van der Waals surface area contributed by atoms with Crippen molar-refractivity contribution in [3.05, 3.63) is 28.8 Å². The molecule has 2 aromatic rings. The van der Waals surface area contributed by atoms with Gasteiger partial charge in [-0.05, 0) is 43.4 Å². The zero-order valence-electron chi connectivity index (χ0n) is 17.8. The molecule has 1 atom stereocenters. The number of halogens is 1. The van der Waals surface area contributed by atoms with Gasteiger partial charge in [-0.2, -0.15) is 0 Å². The highest BCUT2D eigenvalue weighted by molar-refractivity contribution is 7.92. The fourth-order valence-electron chi connectivity index (χ4n) is 3.29. The third kappa shape index (κ3) is 5.45. The van der Waals surface area contributed by atoms with E-state index in [0.717, 1.165) is 35.1 Å². The summed E-state index contributed by atoms with van der Waals surface area (Å²) in [5.41, 5.74) is 3.00. The first-order valence-electron chi connectivity index (χ1n) is 10.00. The van der Waals surface area contributed by atoms with E-state index in [2.05, 4.69) is 28.7 Å². The Kier molecular flexibility index (Phi) is 7.52. The first-order valence-corrected chi connectivity index (χ1v) is 12.7. The van der Waals surface area contributed by atoms with Crippen molar-refractivity contribution in [1.82, 2.24) is 15.4 Å². The molecule has 7 nitrogen and oxygen atoms in total. The summed E-state index contributed by atoms with van der Waals surface area (Å²) in [5, 5.41) is 9.62. The van der Waals surface area contributed by atoms with E-state index >= 15 is 0 Å². The van der Waals surface area contributed by atoms with Gasteiger partial charge in [0.25, 0.3) is 5.91 Å². The molecule has 3 rings (SSSR count). The van der Waals surface area contributed by atoms with Crippen molar-refractivity contribution < 1.29 is 22.8 Å². The van der Waals surface area contributed by atoms with Crippen LogP contribution >= 0.6 is 11.3 Å². The molecule has 170 valence electrons. The highest BCUT2D eigenvalue weighted by Gasteiger charge is 2.43. The first kappa shape index (κ1) is 24.1. The van der Waals surface area contributed by atoms with E-state index < -0.39 is 20.5 Å². The summed E-state index contributed by atoms with van der Waals surface area (Å²) >= 11 is 1.40. The number of hydroxylamine groups is 1. The molecule has 2 N–H and O–H groups in total. The summed E-state index contributed by atoms with van der Waals surface area (Å²) in [6.45, 7) is 2.98.